The van der Waals surface area contributed by atoms with Crippen molar-refractivity contribution in [1.82, 2.24) is 19.8 Å². The lowest BCUT2D eigenvalue weighted by Crippen LogP contribution is -2.49. The van der Waals surface area contributed by atoms with Crippen LogP contribution in [0.2, 0.25) is 0 Å². The average molecular weight is 491 g/mol. The molecule has 1 aliphatic heterocycles. The van der Waals surface area contributed by atoms with Crippen molar-refractivity contribution in [3.05, 3.63) is 72.2 Å². The van der Waals surface area contributed by atoms with E-state index in [0.717, 1.165) is 29.0 Å². The Balaban J connectivity index is 1.66. The Bertz CT molecular complexity index is 1170. The molecule has 0 bridgehead atoms. The van der Waals surface area contributed by atoms with Crippen molar-refractivity contribution in [2.45, 2.75) is 32.5 Å². The van der Waals surface area contributed by atoms with Crippen LogP contribution in [0.15, 0.2) is 61.1 Å². The third-order valence-electron chi connectivity index (χ3n) is 6.59. The number of aliphatic hydroxyl groups excluding tert-OH is 1. The number of rotatable bonds is 8. The summed E-state index contributed by atoms with van der Waals surface area (Å²) < 4.78 is 11.8. The van der Waals surface area contributed by atoms with Crippen LogP contribution < -0.4 is 9.47 Å². The lowest BCUT2D eigenvalue weighted by molar-refractivity contribution is 0.0325. The summed E-state index contributed by atoms with van der Waals surface area (Å²) >= 11 is 0. The predicted octanol–water partition coefficient (Wildman–Crippen LogP) is 3.50. The van der Waals surface area contributed by atoms with Gasteiger partial charge in [-0.3, -0.25) is 14.7 Å². The van der Waals surface area contributed by atoms with Gasteiger partial charge in [0.1, 0.15) is 17.4 Å². The number of amides is 1. The van der Waals surface area contributed by atoms with Crippen LogP contribution in [0.5, 0.6) is 11.6 Å². The minimum Gasteiger partial charge on any atom is -0.497 e. The van der Waals surface area contributed by atoms with Crippen molar-refractivity contribution in [2.75, 3.05) is 33.9 Å². The molecule has 0 spiro atoms. The van der Waals surface area contributed by atoms with Gasteiger partial charge in [0.25, 0.3) is 5.91 Å². The molecule has 1 aliphatic rings. The maximum absolute atomic E-state index is 13.7. The van der Waals surface area contributed by atoms with Gasteiger partial charge in [0.2, 0.25) is 5.88 Å². The predicted molar refractivity (Wildman–Crippen MR) is 138 cm³/mol. The molecule has 0 saturated heterocycles. The molecular weight excluding hydrogens is 456 g/mol. The summed E-state index contributed by atoms with van der Waals surface area (Å²) in [5.41, 5.74) is 3.19. The van der Waals surface area contributed by atoms with E-state index in [-0.39, 0.29) is 30.6 Å². The summed E-state index contributed by atoms with van der Waals surface area (Å²) in [5.74, 6) is 0.862. The van der Waals surface area contributed by atoms with Crippen molar-refractivity contribution in [2.24, 2.45) is 5.92 Å². The van der Waals surface area contributed by atoms with Crippen molar-refractivity contribution >= 4 is 5.91 Å². The van der Waals surface area contributed by atoms with Gasteiger partial charge in [-0.2, -0.15) is 0 Å². The maximum Gasteiger partial charge on any atom is 0.259 e. The molecule has 4 rings (SSSR count). The number of carbonyl (C=O) groups excluding carboxylic acids is 1. The van der Waals surface area contributed by atoms with E-state index < -0.39 is 0 Å². The first-order valence-electron chi connectivity index (χ1n) is 12.2. The Hall–Kier alpha value is -3.49. The van der Waals surface area contributed by atoms with Gasteiger partial charge in [0.05, 0.1) is 19.8 Å². The summed E-state index contributed by atoms with van der Waals surface area (Å²) in [6, 6.07) is 13.1. The van der Waals surface area contributed by atoms with E-state index in [0.29, 0.717) is 24.5 Å². The van der Waals surface area contributed by atoms with Crippen LogP contribution in [0.25, 0.3) is 11.1 Å². The molecule has 36 heavy (non-hydrogen) atoms. The third kappa shape index (κ3) is 5.83. The number of methoxy groups -OCH3 is 1. The summed E-state index contributed by atoms with van der Waals surface area (Å²) in [7, 11) is 3.66. The van der Waals surface area contributed by atoms with Gasteiger partial charge in [-0.05, 0) is 49.4 Å². The van der Waals surface area contributed by atoms with E-state index in [2.05, 4.69) is 21.8 Å². The normalized spacial score (nSPS) is 18.7. The van der Waals surface area contributed by atoms with Crippen molar-refractivity contribution in [1.29, 1.82) is 0 Å². The standard InChI is InChI=1S/C28H34N4O4/c1-19-15-32(20(2)18-33)28(34)25-12-23(22-8-5-9-24(11-22)35-4)14-30-27(25)36-26(19)17-31(3)16-21-7-6-10-29-13-21/h5-14,19-20,26,33H,15-18H2,1-4H3/t19-,20+,26-/m1/s1. The molecule has 0 fully saturated rings. The fourth-order valence-corrected chi connectivity index (χ4v) is 4.46. The molecule has 190 valence electrons. The molecule has 0 saturated carbocycles. The Morgan fingerprint density at radius 1 is 1.22 bits per heavy atom. The van der Waals surface area contributed by atoms with E-state index >= 15 is 0 Å². The van der Waals surface area contributed by atoms with E-state index in [1.54, 1.807) is 24.4 Å². The molecule has 1 amide bonds. The highest BCUT2D eigenvalue weighted by molar-refractivity contribution is 5.98. The smallest absolute Gasteiger partial charge is 0.259 e. The van der Waals surface area contributed by atoms with Gasteiger partial charge in [-0.1, -0.05) is 25.1 Å². The largest absolute Gasteiger partial charge is 0.497 e. The van der Waals surface area contributed by atoms with Gasteiger partial charge in [-0.25, -0.2) is 4.98 Å². The first-order valence-corrected chi connectivity index (χ1v) is 12.2. The molecule has 3 heterocycles. The van der Waals surface area contributed by atoms with Gasteiger partial charge >= 0.3 is 0 Å². The number of carbonyl (C=O) groups is 1. The fourth-order valence-electron chi connectivity index (χ4n) is 4.46. The molecule has 1 N–H and O–H groups in total. The second-order valence-corrected chi connectivity index (χ2v) is 9.49. The number of ether oxygens (including phenoxy) is 2. The van der Waals surface area contributed by atoms with Gasteiger partial charge in [0, 0.05) is 49.7 Å². The second-order valence-electron chi connectivity index (χ2n) is 9.49. The van der Waals surface area contributed by atoms with E-state index in [1.165, 1.54) is 0 Å². The Morgan fingerprint density at radius 3 is 2.78 bits per heavy atom. The zero-order chi connectivity index (χ0) is 25.7. The summed E-state index contributed by atoms with van der Waals surface area (Å²) in [4.78, 5) is 26.4. The van der Waals surface area contributed by atoms with E-state index in [4.69, 9.17) is 9.47 Å². The maximum atomic E-state index is 13.7. The summed E-state index contributed by atoms with van der Waals surface area (Å²) in [6.45, 7) is 5.64. The molecular formula is C28H34N4O4. The highest BCUT2D eigenvalue weighted by Gasteiger charge is 2.34. The highest BCUT2D eigenvalue weighted by Crippen LogP contribution is 2.31. The van der Waals surface area contributed by atoms with Crippen LogP contribution in [0.3, 0.4) is 0 Å². The second kappa shape index (κ2) is 11.5. The number of nitrogens with zero attached hydrogens (tertiary/aromatic N) is 4. The van der Waals surface area contributed by atoms with Gasteiger partial charge in [-0.15, -0.1) is 0 Å². The third-order valence-corrected chi connectivity index (χ3v) is 6.59. The minimum absolute atomic E-state index is 0.0207. The molecule has 3 aromatic rings. The van der Waals surface area contributed by atoms with Crippen LogP contribution in [-0.4, -0.2) is 76.8 Å². The highest BCUT2D eigenvalue weighted by atomic mass is 16.5. The monoisotopic (exact) mass is 490 g/mol. The summed E-state index contributed by atoms with van der Waals surface area (Å²) in [6.07, 6.45) is 5.14. The van der Waals surface area contributed by atoms with Crippen LogP contribution in [0.1, 0.15) is 29.8 Å². The number of aliphatic hydroxyl groups is 1. The minimum atomic E-state index is -0.333. The van der Waals surface area contributed by atoms with Crippen molar-refractivity contribution in [3.8, 4) is 22.8 Å². The zero-order valence-corrected chi connectivity index (χ0v) is 21.3. The quantitative estimate of drug-likeness (QED) is 0.517. The molecule has 0 aliphatic carbocycles. The number of hydrogen-bond donors (Lipinski definition) is 1. The molecule has 2 aromatic heterocycles. The summed E-state index contributed by atoms with van der Waals surface area (Å²) in [5, 5.41) is 9.90. The van der Waals surface area contributed by atoms with Crippen LogP contribution in [0.4, 0.5) is 0 Å². The lowest BCUT2D eigenvalue weighted by Gasteiger charge is -2.37. The molecule has 1 aromatic carbocycles. The van der Waals surface area contributed by atoms with Crippen molar-refractivity contribution in [3.63, 3.8) is 0 Å². The molecule has 0 unspecified atom stereocenters. The Labute approximate surface area is 212 Å². The first-order chi connectivity index (χ1) is 17.4. The fraction of sp³-hybridized carbons (Fsp3) is 0.393. The van der Waals surface area contributed by atoms with Crippen LogP contribution >= 0.6 is 0 Å². The first kappa shape index (κ1) is 25.6. The number of fused-ring (bicyclic) bond motifs is 1. The number of pyridine rings is 2. The molecule has 3 atom stereocenters. The zero-order valence-electron chi connectivity index (χ0n) is 21.3. The van der Waals surface area contributed by atoms with E-state index in [9.17, 15) is 9.90 Å². The average Bonchev–Trinajstić information content (AvgIpc) is 2.90. The number of benzene rings is 1. The number of aromatic nitrogens is 2. The SMILES string of the molecule is COc1cccc(-c2cnc3c(c2)C(=O)N([C@@H](C)CO)C[C@@H](C)[C@@H](CN(C)Cc2cccnc2)O3)c1. The Morgan fingerprint density at radius 2 is 2.06 bits per heavy atom. The Kier molecular flexibility index (Phi) is 8.18. The molecule has 0 radical (unpaired) electrons. The topological polar surface area (TPSA) is 88.0 Å². The molecule has 8 heteroatoms. The molecule has 8 nitrogen and oxygen atoms in total. The van der Waals surface area contributed by atoms with Gasteiger partial charge < -0.3 is 19.5 Å². The number of hydrogen-bond acceptors (Lipinski definition) is 7. The van der Waals surface area contributed by atoms with Crippen LogP contribution in [0, 0.1) is 5.92 Å². The van der Waals surface area contributed by atoms with E-state index in [1.807, 2.05) is 62.6 Å². The van der Waals surface area contributed by atoms with Gasteiger partial charge in [0.15, 0.2) is 0 Å². The lowest BCUT2D eigenvalue weighted by atomic mass is 9.99. The van der Waals surface area contributed by atoms with Crippen molar-refractivity contribution < 1.29 is 19.4 Å². The number of likely N-dealkylation sites (N-methyl/N-ethyl adjacent to an activating group) is 1. The van der Waals surface area contributed by atoms with Crippen LogP contribution in [-0.2, 0) is 6.54 Å².